The van der Waals surface area contributed by atoms with Crippen LogP contribution in [0, 0.1) is 0 Å². The molecule has 0 saturated carbocycles. The van der Waals surface area contributed by atoms with E-state index in [4.69, 9.17) is 15.7 Å². The summed E-state index contributed by atoms with van der Waals surface area (Å²) in [5.41, 5.74) is 2.52. The van der Waals surface area contributed by atoms with Gasteiger partial charge in [-0.15, -0.1) is 0 Å². The molecule has 1 aromatic rings. The molecule has 0 aliphatic carbocycles. The quantitative estimate of drug-likeness (QED) is 0.444. The summed E-state index contributed by atoms with van der Waals surface area (Å²) in [5.74, 6) is 7.26. The smallest absolute Gasteiger partial charge is 0.158 e. The first-order chi connectivity index (χ1) is 9.24. The predicted molar refractivity (Wildman–Crippen MR) is 74.8 cm³/mol. The van der Waals surface area contributed by atoms with E-state index < -0.39 is 0 Å². The maximum atomic E-state index is 9.15. The fourth-order valence-electron chi connectivity index (χ4n) is 1.72. The lowest BCUT2D eigenvalue weighted by Gasteiger charge is -2.23. The van der Waals surface area contributed by atoms with Gasteiger partial charge >= 0.3 is 0 Å². The molecule has 108 valence electrons. The van der Waals surface area contributed by atoms with E-state index >= 15 is 0 Å². The van der Waals surface area contributed by atoms with E-state index in [9.17, 15) is 0 Å². The van der Waals surface area contributed by atoms with E-state index in [1.807, 2.05) is 4.90 Å². The number of anilines is 2. The van der Waals surface area contributed by atoms with Crippen LogP contribution in [0.3, 0.4) is 0 Å². The molecule has 0 aliphatic rings. The Hall–Kier alpha value is -1.44. The van der Waals surface area contributed by atoms with Gasteiger partial charge < -0.3 is 20.2 Å². The summed E-state index contributed by atoms with van der Waals surface area (Å²) in [6, 6.07) is 1.77. The minimum absolute atomic E-state index is 0.0821. The fraction of sp³-hybridized carbons (Fsp3) is 0.667. The first-order valence-corrected chi connectivity index (χ1v) is 6.44. The zero-order valence-corrected chi connectivity index (χ0v) is 11.6. The number of hydrazine groups is 1. The number of nitrogens with two attached hydrogens (primary N) is 1. The van der Waals surface area contributed by atoms with Crippen LogP contribution in [0.4, 0.5) is 11.6 Å². The largest absolute Gasteiger partial charge is 0.395 e. The molecule has 0 saturated heterocycles. The summed E-state index contributed by atoms with van der Waals surface area (Å²) in [6.07, 6.45) is 2.12. The monoisotopic (exact) mass is 269 g/mol. The van der Waals surface area contributed by atoms with Crippen LogP contribution in [0.25, 0.3) is 0 Å². The molecule has 1 rings (SSSR count). The first kappa shape index (κ1) is 15.6. The third-order valence-electron chi connectivity index (χ3n) is 2.66. The number of methoxy groups -OCH3 is 1. The molecule has 0 unspecified atom stereocenters. The molecule has 0 radical (unpaired) electrons. The van der Waals surface area contributed by atoms with Crippen LogP contribution in [-0.4, -0.2) is 41.9 Å². The van der Waals surface area contributed by atoms with Crippen molar-refractivity contribution >= 4 is 11.6 Å². The van der Waals surface area contributed by atoms with Crippen LogP contribution in [0.1, 0.15) is 25.6 Å². The van der Waals surface area contributed by atoms with Crippen molar-refractivity contribution < 1.29 is 9.84 Å². The van der Waals surface area contributed by atoms with Crippen molar-refractivity contribution in [1.29, 1.82) is 0 Å². The maximum Gasteiger partial charge on any atom is 0.158 e. The number of nitrogen functional groups attached to an aromatic ring is 1. The molecule has 0 fully saturated rings. The topological polar surface area (TPSA) is 96.5 Å². The van der Waals surface area contributed by atoms with E-state index in [0.717, 1.165) is 25.2 Å². The van der Waals surface area contributed by atoms with Gasteiger partial charge in [0.1, 0.15) is 18.2 Å². The lowest BCUT2D eigenvalue weighted by molar-refractivity contribution is 0.178. The Labute approximate surface area is 113 Å². The van der Waals surface area contributed by atoms with Crippen molar-refractivity contribution in [3.63, 3.8) is 0 Å². The van der Waals surface area contributed by atoms with Gasteiger partial charge in [-0.1, -0.05) is 13.3 Å². The van der Waals surface area contributed by atoms with Crippen LogP contribution in [0.5, 0.6) is 0 Å². The molecule has 19 heavy (non-hydrogen) atoms. The number of nitrogens with one attached hydrogen (secondary N) is 1. The SMILES string of the molecule is CCCCN(CCO)c1cc(NN)nc(COC)n1. The Morgan fingerprint density at radius 3 is 2.79 bits per heavy atom. The van der Waals surface area contributed by atoms with E-state index in [1.54, 1.807) is 13.2 Å². The van der Waals surface area contributed by atoms with Crippen LogP contribution >= 0.6 is 0 Å². The summed E-state index contributed by atoms with van der Waals surface area (Å²) in [5, 5.41) is 9.15. The third-order valence-corrected chi connectivity index (χ3v) is 2.66. The molecular formula is C12H23N5O2. The zero-order valence-electron chi connectivity index (χ0n) is 11.6. The molecule has 0 aromatic carbocycles. The number of rotatable bonds is 9. The Kier molecular flexibility index (Phi) is 7.09. The van der Waals surface area contributed by atoms with Crippen molar-refractivity contribution in [3.8, 4) is 0 Å². The standard InChI is InChI=1S/C12H23N5O2/c1-3-4-5-17(6-7-18)12-8-10(16-13)14-11(15-12)9-19-2/h8,18H,3-7,9,13H2,1-2H3,(H,14,15,16). The van der Waals surface area contributed by atoms with E-state index in [-0.39, 0.29) is 6.61 Å². The van der Waals surface area contributed by atoms with Gasteiger partial charge in [0.15, 0.2) is 5.82 Å². The summed E-state index contributed by atoms with van der Waals surface area (Å²) >= 11 is 0. The predicted octanol–water partition coefficient (Wildman–Crippen LogP) is 0.507. The van der Waals surface area contributed by atoms with Gasteiger partial charge in [0.2, 0.25) is 0 Å². The number of aliphatic hydroxyl groups excluding tert-OH is 1. The summed E-state index contributed by atoms with van der Waals surface area (Å²) in [6.45, 7) is 3.90. The first-order valence-electron chi connectivity index (χ1n) is 6.44. The third kappa shape index (κ3) is 4.98. The highest BCUT2D eigenvalue weighted by atomic mass is 16.5. The Balaban J connectivity index is 2.95. The van der Waals surface area contributed by atoms with Gasteiger partial charge in [-0.2, -0.15) is 0 Å². The highest BCUT2D eigenvalue weighted by Crippen LogP contribution is 2.16. The molecule has 1 aromatic heterocycles. The highest BCUT2D eigenvalue weighted by Gasteiger charge is 2.11. The minimum Gasteiger partial charge on any atom is -0.395 e. The van der Waals surface area contributed by atoms with E-state index in [2.05, 4.69) is 22.3 Å². The molecular weight excluding hydrogens is 246 g/mol. The summed E-state index contributed by atoms with van der Waals surface area (Å²) in [7, 11) is 1.59. The van der Waals surface area contributed by atoms with E-state index in [0.29, 0.717) is 24.8 Å². The highest BCUT2D eigenvalue weighted by molar-refractivity contribution is 5.48. The van der Waals surface area contributed by atoms with Crippen molar-refractivity contribution in [2.24, 2.45) is 5.84 Å². The second-order valence-corrected chi connectivity index (χ2v) is 4.17. The lowest BCUT2D eigenvalue weighted by atomic mass is 10.3. The normalized spacial score (nSPS) is 10.5. The van der Waals surface area contributed by atoms with Crippen LogP contribution in [-0.2, 0) is 11.3 Å². The number of nitrogens with zero attached hydrogens (tertiary/aromatic N) is 3. The molecule has 0 bridgehead atoms. The van der Waals surface area contributed by atoms with Crippen molar-refractivity contribution in [2.75, 3.05) is 37.1 Å². The minimum atomic E-state index is 0.0821. The van der Waals surface area contributed by atoms with Crippen molar-refractivity contribution in [3.05, 3.63) is 11.9 Å². The summed E-state index contributed by atoms with van der Waals surface area (Å²) in [4.78, 5) is 10.6. The molecule has 7 nitrogen and oxygen atoms in total. The van der Waals surface area contributed by atoms with E-state index in [1.165, 1.54) is 0 Å². The second-order valence-electron chi connectivity index (χ2n) is 4.17. The number of aromatic nitrogens is 2. The summed E-state index contributed by atoms with van der Waals surface area (Å²) < 4.78 is 5.04. The molecule has 0 atom stereocenters. The number of hydrogen-bond donors (Lipinski definition) is 3. The van der Waals surface area contributed by atoms with Gasteiger partial charge in [0, 0.05) is 26.3 Å². The Morgan fingerprint density at radius 1 is 1.42 bits per heavy atom. The molecule has 0 amide bonds. The van der Waals surface area contributed by atoms with Crippen LogP contribution in [0.15, 0.2) is 6.07 Å². The molecule has 0 spiro atoms. The van der Waals surface area contributed by atoms with Crippen LogP contribution < -0.4 is 16.2 Å². The molecule has 7 heteroatoms. The Morgan fingerprint density at radius 2 is 2.21 bits per heavy atom. The number of aliphatic hydroxyl groups is 1. The molecule has 1 heterocycles. The van der Waals surface area contributed by atoms with Gasteiger partial charge in [0.05, 0.1) is 6.61 Å². The van der Waals surface area contributed by atoms with Crippen LogP contribution in [0.2, 0.25) is 0 Å². The van der Waals surface area contributed by atoms with Gasteiger partial charge in [0.25, 0.3) is 0 Å². The number of ether oxygens (including phenoxy) is 1. The van der Waals surface area contributed by atoms with Crippen molar-refractivity contribution in [2.45, 2.75) is 26.4 Å². The second kappa shape index (κ2) is 8.63. The number of hydrogen-bond acceptors (Lipinski definition) is 7. The molecule has 4 N–H and O–H groups in total. The fourth-order valence-corrected chi connectivity index (χ4v) is 1.72. The van der Waals surface area contributed by atoms with Gasteiger partial charge in [-0.05, 0) is 6.42 Å². The van der Waals surface area contributed by atoms with Gasteiger partial charge in [-0.3, -0.25) is 0 Å². The van der Waals surface area contributed by atoms with Gasteiger partial charge in [-0.25, -0.2) is 15.8 Å². The van der Waals surface area contributed by atoms with Crippen molar-refractivity contribution in [1.82, 2.24) is 9.97 Å². The average molecular weight is 269 g/mol. The lowest BCUT2D eigenvalue weighted by Crippen LogP contribution is -2.29. The maximum absolute atomic E-state index is 9.15. The molecule has 0 aliphatic heterocycles. The number of unbranched alkanes of at least 4 members (excludes halogenated alkanes) is 1. The Bertz CT molecular complexity index is 375. The average Bonchev–Trinajstić information content (AvgIpc) is 2.43. The zero-order chi connectivity index (χ0) is 14.1.